The molecule has 0 heterocycles. The summed E-state index contributed by atoms with van der Waals surface area (Å²) < 4.78 is 44.6. The van der Waals surface area contributed by atoms with Crippen LogP contribution < -0.4 is 9.47 Å². The number of ketones is 1. The van der Waals surface area contributed by atoms with Crippen molar-refractivity contribution < 1.29 is 27.4 Å². The van der Waals surface area contributed by atoms with E-state index in [1.54, 1.807) is 0 Å². The lowest BCUT2D eigenvalue weighted by Gasteiger charge is -2.13. The molecule has 0 aromatic heterocycles. The summed E-state index contributed by atoms with van der Waals surface area (Å²) in [7, 11) is 1.24. The van der Waals surface area contributed by atoms with Crippen molar-refractivity contribution in [2.75, 3.05) is 7.11 Å². The van der Waals surface area contributed by atoms with E-state index in [0.717, 1.165) is 12.1 Å². The lowest BCUT2D eigenvalue weighted by atomic mass is 10.1. The third kappa shape index (κ3) is 3.80. The number of hydrogen-bond acceptors (Lipinski definition) is 3. The second kappa shape index (κ2) is 5.48. The summed E-state index contributed by atoms with van der Waals surface area (Å²) in [6, 6.07) is 3.20. The van der Waals surface area contributed by atoms with Gasteiger partial charge in [-0.3, -0.25) is 4.79 Å². The number of ether oxygens (including phenoxy) is 2. The van der Waals surface area contributed by atoms with E-state index in [-0.39, 0.29) is 11.3 Å². The Labute approximate surface area is 106 Å². The van der Waals surface area contributed by atoms with E-state index in [0.29, 0.717) is 0 Å². The van der Waals surface area contributed by atoms with E-state index in [4.69, 9.17) is 16.3 Å². The molecule has 0 aliphatic carbocycles. The number of benzene rings is 1. The summed E-state index contributed by atoms with van der Waals surface area (Å²) in [6.45, 7) is 1.46. The molecule has 0 amide bonds. The van der Waals surface area contributed by atoms with E-state index < -0.39 is 23.3 Å². The number of Topliss-reactive ketones (excluding diaryl/α,β-unsaturated/α-hetero) is 1. The van der Waals surface area contributed by atoms with Crippen molar-refractivity contribution in [1.29, 1.82) is 0 Å². The molecule has 0 saturated heterocycles. The standard InChI is InChI=1S/C11H10ClF3O3/c1-6(12)10(16)8-4-3-7(5-9(8)17-2)18-11(13,14)15/h3-6H,1-2H3. The quantitative estimate of drug-likeness (QED) is 0.627. The van der Waals surface area contributed by atoms with Crippen LogP contribution in [0, 0.1) is 0 Å². The van der Waals surface area contributed by atoms with Gasteiger partial charge in [0.15, 0.2) is 5.78 Å². The van der Waals surface area contributed by atoms with Crippen LogP contribution in [0.1, 0.15) is 17.3 Å². The van der Waals surface area contributed by atoms with Gasteiger partial charge in [0.2, 0.25) is 0 Å². The van der Waals surface area contributed by atoms with Crippen LogP contribution in [0.15, 0.2) is 18.2 Å². The molecule has 0 spiro atoms. The Morgan fingerprint density at radius 3 is 2.44 bits per heavy atom. The summed E-state index contributed by atoms with van der Waals surface area (Å²) in [4.78, 5) is 11.6. The molecule has 1 aromatic rings. The van der Waals surface area contributed by atoms with Crippen molar-refractivity contribution >= 4 is 17.4 Å². The maximum atomic E-state index is 12.0. The fourth-order valence-corrected chi connectivity index (χ4v) is 1.40. The number of carbonyl (C=O) groups excluding carboxylic acids is 1. The topological polar surface area (TPSA) is 35.5 Å². The Balaban J connectivity index is 3.08. The summed E-state index contributed by atoms with van der Waals surface area (Å²) in [6.07, 6.45) is -4.80. The molecule has 1 atom stereocenters. The highest BCUT2D eigenvalue weighted by Crippen LogP contribution is 2.30. The van der Waals surface area contributed by atoms with Gasteiger partial charge >= 0.3 is 6.36 Å². The fraction of sp³-hybridized carbons (Fsp3) is 0.364. The van der Waals surface area contributed by atoms with Gasteiger partial charge in [-0.15, -0.1) is 24.8 Å². The molecule has 0 bridgehead atoms. The highest BCUT2D eigenvalue weighted by molar-refractivity contribution is 6.33. The minimum Gasteiger partial charge on any atom is -0.496 e. The number of carbonyl (C=O) groups is 1. The Bertz CT molecular complexity index is 444. The predicted octanol–water partition coefficient (Wildman–Crippen LogP) is 3.40. The molecular weight excluding hydrogens is 273 g/mol. The monoisotopic (exact) mass is 282 g/mol. The van der Waals surface area contributed by atoms with Crippen molar-refractivity contribution in [1.82, 2.24) is 0 Å². The number of rotatable bonds is 4. The molecule has 1 rings (SSSR count). The van der Waals surface area contributed by atoms with Crippen LogP contribution in [0.4, 0.5) is 13.2 Å². The zero-order valence-electron chi connectivity index (χ0n) is 9.55. The Hall–Kier alpha value is -1.43. The molecule has 1 unspecified atom stereocenters. The summed E-state index contributed by atoms with van der Waals surface area (Å²) in [5, 5.41) is -0.798. The number of alkyl halides is 4. The third-order valence-corrected chi connectivity index (χ3v) is 2.23. The average molecular weight is 283 g/mol. The summed E-state index contributed by atoms with van der Waals surface area (Å²) in [5.41, 5.74) is 0.106. The Kier molecular flexibility index (Phi) is 4.45. The molecule has 7 heteroatoms. The molecule has 0 N–H and O–H groups in total. The molecular formula is C11H10ClF3O3. The maximum Gasteiger partial charge on any atom is 0.573 e. The lowest BCUT2D eigenvalue weighted by Crippen LogP contribution is -2.17. The molecule has 0 fully saturated rings. The Morgan fingerprint density at radius 2 is 2.00 bits per heavy atom. The summed E-state index contributed by atoms with van der Waals surface area (Å²) in [5.74, 6) is -0.917. The normalized spacial score (nSPS) is 13.0. The molecule has 0 aliphatic rings. The lowest BCUT2D eigenvalue weighted by molar-refractivity contribution is -0.274. The van der Waals surface area contributed by atoms with Crippen LogP contribution in [0.5, 0.6) is 11.5 Å². The van der Waals surface area contributed by atoms with Crippen LogP contribution in [-0.2, 0) is 0 Å². The van der Waals surface area contributed by atoms with Gasteiger partial charge in [-0.1, -0.05) is 0 Å². The van der Waals surface area contributed by atoms with Crippen LogP contribution in [0.3, 0.4) is 0 Å². The van der Waals surface area contributed by atoms with Gasteiger partial charge in [0, 0.05) is 6.07 Å². The van der Waals surface area contributed by atoms with E-state index >= 15 is 0 Å². The highest BCUT2D eigenvalue weighted by Gasteiger charge is 2.31. The third-order valence-electron chi connectivity index (χ3n) is 2.03. The largest absolute Gasteiger partial charge is 0.573 e. The first-order valence-electron chi connectivity index (χ1n) is 4.86. The van der Waals surface area contributed by atoms with E-state index in [1.165, 1.54) is 20.1 Å². The second-order valence-corrected chi connectivity index (χ2v) is 4.04. The van der Waals surface area contributed by atoms with E-state index in [1.807, 2.05) is 0 Å². The number of hydrogen-bond donors (Lipinski definition) is 0. The Morgan fingerprint density at radius 1 is 1.39 bits per heavy atom. The average Bonchev–Trinajstić information content (AvgIpc) is 2.25. The minimum absolute atomic E-state index is 0.0192. The van der Waals surface area contributed by atoms with Crippen molar-refractivity contribution in [2.45, 2.75) is 18.7 Å². The van der Waals surface area contributed by atoms with E-state index in [2.05, 4.69) is 4.74 Å². The fourth-order valence-electron chi connectivity index (χ4n) is 1.29. The van der Waals surface area contributed by atoms with Gasteiger partial charge in [-0.05, 0) is 19.1 Å². The van der Waals surface area contributed by atoms with Crippen LogP contribution in [0.25, 0.3) is 0 Å². The first-order chi connectivity index (χ1) is 8.24. The van der Waals surface area contributed by atoms with Crippen LogP contribution >= 0.6 is 11.6 Å². The van der Waals surface area contributed by atoms with Gasteiger partial charge in [-0.25, -0.2) is 0 Å². The molecule has 3 nitrogen and oxygen atoms in total. The van der Waals surface area contributed by atoms with Crippen molar-refractivity contribution in [2.24, 2.45) is 0 Å². The molecule has 18 heavy (non-hydrogen) atoms. The number of halogens is 4. The maximum absolute atomic E-state index is 12.0. The molecule has 0 radical (unpaired) electrons. The van der Waals surface area contributed by atoms with Gasteiger partial charge in [0.25, 0.3) is 0 Å². The highest BCUT2D eigenvalue weighted by atomic mass is 35.5. The molecule has 1 aromatic carbocycles. The smallest absolute Gasteiger partial charge is 0.496 e. The SMILES string of the molecule is COc1cc(OC(F)(F)F)ccc1C(=O)C(C)Cl. The second-order valence-electron chi connectivity index (χ2n) is 3.39. The summed E-state index contributed by atoms with van der Waals surface area (Å²) >= 11 is 5.62. The first-order valence-corrected chi connectivity index (χ1v) is 5.30. The van der Waals surface area contributed by atoms with Gasteiger partial charge < -0.3 is 9.47 Å². The van der Waals surface area contributed by atoms with Crippen molar-refractivity contribution in [3.63, 3.8) is 0 Å². The van der Waals surface area contributed by atoms with Gasteiger partial charge in [0.1, 0.15) is 11.5 Å². The molecule has 0 aliphatic heterocycles. The zero-order valence-corrected chi connectivity index (χ0v) is 10.3. The first kappa shape index (κ1) is 14.6. The van der Waals surface area contributed by atoms with Crippen molar-refractivity contribution in [3.8, 4) is 11.5 Å². The molecule has 100 valence electrons. The van der Waals surface area contributed by atoms with Crippen molar-refractivity contribution in [3.05, 3.63) is 23.8 Å². The predicted molar refractivity (Wildman–Crippen MR) is 59.3 cm³/mol. The number of methoxy groups -OCH3 is 1. The van der Waals surface area contributed by atoms with Crippen LogP contribution in [0.2, 0.25) is 0 Å². The minimum atomic E-state index is -4.80. The zero-order chi connectivity index (χ0) is 13.9. The van der Waals surface area contributed by atoms with Gasteiger partial charge in [0.05, 0.1) is 18.1 Å². The molecule has 0 saturated carbocycles. The van der Waals surface area contributed by atoms with Gasteiger partial charge in [-0.2, -0.15) is 0 Å². The van der Waals surface area contributed by atoms with E-state index in [9.17, 15) is 18.0 Å². The van der Waals surface area contributed by atoms with Crippen LogP contribution in [-0.4, -0.2) is 24.6 Å².